The molecule has 198 valence electrons. The number of benzene rings is 3. The van der Waals surface area contributed by atoms with E-state index >= 15 is 0 Å². The Labute approximate surface area is 213 Å². The lowest BCUT2D eigenvalue weighted by atomic mass is 9.98. The number of ether oxygens (including phenoxy) is 3. The van der Waals surface area contributed by atoms with Crippen molar-refractivity contribution in [2.75, 3.05) is 13.2 Å². The molecule has 3 aromatic carbocycles. The van der Waals surface area contributed by atoms with E-state index in [0.717, 1.165) is 55.7 Å². The van der Waals surface area contributed by atoms with E-state index in [0.29, 0.717) is 11.5 Å². The molecule has 1 heterocycles. The maximum absolute atomic E-state index is 14.9. The number of hydrogen-bond donors (Lipinski definition) is 0. The Kier molecular flexibility index (Phi) is 8.82. The normalized spacial score (nSPS) is 18.1. The highest BCUT2D eigenvalue weighted by molar-refractivity contribution is 5.71. The zero-order valence-electron chi connectivity index (χ0n) is 20.5. The Hall–Kier alpha value is -2.97. The van der Waals surface area contributed by atoms with Gasteiger partial charge in [-0.1, -0.05) is 62.2 Å². The SMILES string of the molecule is CCCCC1COC(CCc2ccc(-c3ccc(-c4ccc(OC(F)(F)F)c(F)c4)c(F)c3)cc2)OC1. The summed E-state index contributed by atoms with van der Waals surface area (Å²) in [5.41, 5.74) is 2.72. The highest BCUT2D eigenvalue weighted by Crippen LogP contribution is 2.32. The summed E-state index contributed by atoms with van der Waals surface area (Å²) < 4.78 is 81.3. The minimum atomic E-state index is -5.01. The second-order valence-electron chi connectivity index (χ2n) is 9.23. The quantitative estimate of drug-likeness (QED) is 0.266. The summed E-state index contributed by atoms with van der Waals surface area (Å²) in [5.74, 6) is -2.33. The van der Waals surface area contributed by atoms with Crippen molar-refractivity contribution in [1.82, 2.24) is 0 Å². The Balaban J connectivity index is 1.35. The molecule has 4 rings (SSSR count). The van der Waals surface area contributed by atoms with Crippen LogP contribution in [0.3, 0.4) is 0 Å². The van der Waals surface area contributed by atoms with Crippen LogP contribution in [-0.2, 0) is 15.9 Å². The fraction of sp³-hybridized carbons (Fsp3) is 0.379. The average Bonchev–Trinajstić information content (AvgIpc) is 2.87. The topological polar surface area (TPSA) is 27.7 Å². The van der Waals surface area contributed by atoms with Gasteiger partial charge in [-0.2, -0.15) is 0 Å². The molecule has 3 nitrogen and oxygen atoms in total. The van der Waals surface area contributed by atoms with E-state index in [9.17, 15) is 22.0 Å². The third-order valence-electron chi connectivity index (χ3n) is 6.40. The predicted molar refractivity (Wildman–Crippen MR) is 131 cm³/mol. The Morgan fingerprint density at radius 2 is 1.46 bits per heavy atom. The van der Waals surface area contributed by atoms with E-state index in [1.165, 1.54) is 31.0 Å². The second-order valence-corrected chi connectivity index (χ2v) is 9.23. The number of unbranched alkanes of at least 4 members (excludes halogenated alkanes) is 1. The van der Waals surface area contributed by atoms with E-state index in [1.54, 1.807) is 6.07 Å². The predicted octanol–water partition coefficient (Wildman–Crippen LogP) is 8.31. The van der Waals surface area contributed by atoms with Crippen LogP contribution < -0.4 is 4.74 Å². The van der Waals surface area contributed by atoms with Gasteiger partial charge in [0.15, 0.2) is 17.9 Å². The monoisotopic (exact) mass is 520 g/mol. The molecule has 0 aromatic heterocycles. The standard InChI is InChI=1S/C29H29F5O3/c1-2-3-4-20-17-35-28(36-18-20)14-7-19-5-8-21(9-6-19)22-10-12-24(25(30)15-22)23-11-13-27(26(31)16-23)37-29(32,33)34/h5-6,8-13,15-16,20,28H,2-4,7,14,17-18H2,1H3. The summed E-state index contributed by atoms with van der Waals surface area (Å²) in [6.07, 6.45) is -0.174. The molecule has 0 bridgehead atoms. The van der Waals surface area contributed by atoms with Gasteiger partial charge in [0.2, 0.25) is 0 Å². The van der Waals surface area contributed by atoms with Gasteiger partial charge in [-0.15, -0.1) is 13.2 Å². The van der Waals surface area contributed by atoms with Crippen molar-refractivity contribution >= 4 is 0 Å². The second kappa shape index (κ2) is 12.0. The van der Waals surface area contributed by atoms with Gasteiger partial charge in [-0.05, 0) is 53.3 Å². The summed E-state index contributed by atoms with van der Waals surface area (Å²) in [4.78, 5) is 0. The van der Waals surface area contributed by atoms with Crippen LogP contribution in [0.15, 0.2) is 60.7 Å². The molecule has 3 aromatic rings. The summed E-state index contributed by atoms with van der Waals surface area (Å²) in [6.45, 7) is 3.65. The highest BCUT2D eigenvalue weighted by atomic mass is 19.4. The smallest absolute Gasteiger partial charge is 0.403 e. The number of hydrogen-bond acceptors (Lipinski definition) is 3. The molecule has 0 N–H and O–H groups in total. The van der Waals surface area contributed by atoms with Crippen molar-refractivity contribution in [3.63, 3.8) is 0 Å². The van der Waals surface area contributed by atoms with Gasteiger partial charge in [0.1, 0.15) is 5.82 Å². The number of alkyl halides is 3. The van der Waals surface area contributed by atoms with Gasteiger partial charge in [0.25, 0.3) is 0 Å². The first-order valence-electron chi connectivity index (χ1n) is 12.4. The third-order valence-corrected chi connectivity index (χ3v) is 6.40. The zero-order chi connectivity index (χ0) is 26.4. The van der Waals surface area contributed by atoms with E-state index < -0.39 is 23.7 Å². The van der Waals surface area contributed by atoms with Crippen molar-refractivity contribution < 1.29 is 36.2 Å². The fourth-order valence-electron chi connectivity index (χ4n) is 4.36. The number of rotatable bonds is 9. The molecule has 1 aliphatic rings. The largest absolute Gasteiger partial charge is 0.573 e. The lowest BCUT2D eigenvalue weighted by Crippen LogP contribution is -2.32. The maximum Gasteiger partial charge on any atom is 0.573 e. The van der Waals surface area contributed by atoms with Crippen LogP contribution in [0.4, 0.5) is 22.0 Å². The molecular formula is C29H29F5O3. The van der Waals surface area contributed by atoms with Crippen molar-refractivity contribution in [3.8, 4) is 28.0 Å². The molecule has 0 saturated carbocycles. The van der Waals surface area contributed by atoms with E-state index in [4.69, 9.17) is 9.47 Å². The van der Waals surface area contributed by atoms with Crippen molar-refractivity contribution in [2.45, 2.75) is 51.7 Å². The van der Waals surface area contributed by atoms with Crippen LogP contribution in [0.25, 0.3) is 22.3 Å². The van der Waals surface area contributed by atoms with Gasteiger partial charge < -0.3 is 14.2 Å². The Morgan fingerprint density at radius 1 is 0.811 bits per heavy atom. The van der Waals surface area contributed by atoms with Gasteiger partial charge in [0, 0.05) is 17.9 Å². The van der Waals surface area contributed by atoms with Crippen LogP contribution in [0, 0.1) is 17.6 Å². The first-order chi connectivity index (χ1) is 17.7. The zero-order valence-corrected chi connectivity index (χ0v) is 20.5. The molecule has 8 heteroatoms. The minimum absolute atomic E-state index is 0.0715. The molecule has 0 amide bonds. The molecule has 0 radical (unpaired) electrons. The molecule has 0 aliphatic carbocycles. The van der Waals surface area contributed by atoms with Crippen LogP contribution in [-0.4, -0.2) is 25.9 Å². The van der Waals surface area contributed by atoms with Crippen molar-refractivity contribution in [3.05, 3.63) is 77.9 Å². The lowest BCUT2D eigenvalue weighted by Gasteiger charge is -2.29. The molecule has 1 saturated heterocycles. The first kappa shape index (κ1) is 27.1. The first-order valence-corrected chi connectivity index (χ1v) is 12.4. The minimum Gasteiger partial charge on any atom is -0.403 e. The van der Waals surface area contributed by atoms with Crippen LogP contribution in [0.2, 0.25) is 0 Å². The molecular weight excluding hydrogens is 491 g/mol. The van der Waals surface area contributed by atoms with E-state index in [-0.39, 0.29) is 17.4 Å². The van der Waals surface area contributed by atoms with Crippen LogP contribution in [0.5, 0.6) is 5.75 Å². The lowest BCUT2D eigenvalue weighted by molar-refractivity contribution is -0.275. The van der Waals surface area contributed by atoms with E-state index in [2.05, 4.69) is 11.7 Å². The Bertz CT molecular complexity index is 1170. The van der Waals surface area contributed by atoms with Crippen molar-refractivity contribution in [2.24, 2.45) is 5.92 Å². The summed E-state index contributed by atoms with van der Waals surface area (Å²) in [6, 6.07) is 15.1. The van der Waals surface area contributed by atoms with E-state index in [1.807, 2.05) is 24.3 Å². The maximum atomic E-state index is 14.9. The molecule has 1 fully saturated rings. The number of halogens is 5. The van der Waals surface area contributed by atoms with Gasteiger partial charge >= 0.3 is 6.36 Å². The molecule has 0 spiro atoms. The van der Waals surface area contributed by atoms with Gasteiger partial charge in [-0.25, -0.2) is 8.78 Å². The Morgan fingerprint density at radius 3 is 2.08 bits per heavy atom. The molecule has 0 unspecified atom stereocenters. The van der Waals surface area contributed by atoms with Crippen molar-refractivity contribution in [1.29, 1.82) is 0 Å². The number of aryl methyl sites for hydroxylation is 1. The van der Waals surface area contributed by atoms with Gasteiger partial charge in [0.05, 0.1) is 13.2 Å². The van der Waals surface area contributed by atoms with Crippen LogP contribution >= 0.6 is 0 Å². The third kappa shape index (κ3) is 7.52. The van der Waals surface area contributed by atoms with Crippen LogP contribution in [0.1, 0.15) is 38.2 Å². The molecule has 1 aliphatic heterocycles. The molecule has 0 atom stereocenters. The average molecular weight is 521 g/mol. The summed E-state index contributed by atoms with van der Waals surface area (Å²) in [7, 11) is 0. The highest BCUT2D eigenvalue weighted by Gasteiger charge is 2.32. The summed E-state index contributed by atoms with van der Waals surface area (Å²) in [5, 5.41) is 0. The fourth-order valence-corrected chi connectivity index (χ4v) is 4.36. The van der Waals surface area contributed by atoms with Gasteiger partial charge in [-0.3, -0.25) is 0 Å². The summed E-state index contributed by atoms with van der Waals surface area (Å²) >= 11 is 0. The molecule has 37 heavy (non-hydrogen) atoms.